The first-order valence-corrected chi connectivity index (χ1v) is 8.53. The van der Waals surface area contributed by atoms with Crippen LogP contribution in [0.25, 0.3) is 0 Å². The Kier molecular flexibility index (Phi) is 4.63. The standard InChI is InChI=1S/C14H15N3O2S2/c1-10-3-6-13(21(18,19)16-2)7-14(10)17-9-12-5-4-11(8-15)20-12/h3-7,16-17H,9H2,1-2H3. The van der Waals surface area contributed by atoms with Crippen molar-refractivity contribution >= 4 is 27.0 Å². The molecule has 0 saturated carbocycles. The maximum atomic E-state index is 11.8. The minimum Gasteiger partial charge on any atom is -0.380 e. The molecule has 0 aliphatic rings. The van der Waals surface area contributed by atoms with E-state index < -0.39 is 10.0 Å². The Bertz CT molecular complexity index is 789. The van der Waals surface area contributed by atoms with Crippen molar-refractivity contribution in [3.63, 3.8) is 0 Å². The maximum Gasteiger partial charge on any atom is 0.240 e. The van der Waals surface area contributed by atoms with E-state index in [0.29, 0.717) is 11.4 Å². The van der Waals surface area contributed by atoms with Gasteiger partial charge in [0.2, 0.25) is 10.0 Å². The van der Waals surface area contributed by atoms with Crippen molar-refractivity contribution in [2.75, 3.05) is 12.4 Å². The monoisotopic (exact) mass is 321 g/mol. The zero-order chi connectivity index (χ0) is 15.5. The fraction of sp³-hybridized carbons (Fsp3) is 0.214. The first-order valence-electron chi connectivity index (χ1n) is 6.23. The third-order valence-electron chi connectivity index (χ3n) is 3.01. The van der Waals surface area contributed by atoms with Crippen LogP contribution in [0.15, 0.2) is 35.2 Å². The summed E-state index contributed by atoms with van der Waals surface area (Å²) in [6.07, 6.45) is 0. The van der Waals surface area contributed by atoms with Gasteiger partial charge in [0, 0.05) is 17.1 Å². The predicted octanol–water partition coefficient (Wildman–Crippen LogP) is 2.45. The third kappa shape index (κ3) is 3.61. The fourth-order valence-corrected chi connectivity index (χ4v) is 3.29. The third-order valence-corrected chi connectivity index (χ3v) is 5.41. The number of hydrogen-bond acceptors (Lipinski definition) is 5. The van der Waals surface area contributed by atoms with Gasteiger partial charge in [0.05, 0.1) is 4.90 Å². The molecule has 0 spiro atoms. The van der Waals surface area contributed by atoms with E-state index in [1.54, 1.807) is 24.3 Å². The molecule has 7 heteroatoms. The Morgan fingerprint density at radius 3 is 2.67 bits per heavy atom. The van der Waals surface area contributed by atoms with E-state index in [9.17, 15) is 8.42 Å². The van der Waals surface area contributed by atoms with Gasteiger partial charge in [0.25, 0.3) is 0 Å². The van der Waals surface area contributed by atoms with Crippen LogP contribution in [-0.4, -0.2) is 15.5 Å². The number of nitriles is 1. The lowest BCUT2D eigenvalue weighted by Crippen LogP contribution is -2.18. The molecular formula is C14H15N3O2S2. The number of thiophene rings is 1. The van der Waals surface area contributed by atoms with Gasteiger partial charge in [-0.3, -0.25) is 0 Å². The summed E-state index contributed by atoms with van der Waals surface area (Å²) in [5.41, 5.74) is 1.72. The van der Waals surface area contributed by atoms with Crippen LogP contribution < -0.4 is 10.0 Å². The predicted molar refractivity (Wildman–Crippen MR) is 83.8 cm³/mol. The van der Waals surface area contributed by atoms with Gasteiger partial charge < -0.3 is 5.32 Å². The van der Waals surface area contributed by atoms with Crippen molar-refractivity contribution in [2.24, 2.45) is 0 Å². The van der Waals surface area contributed by atoms with Crippen molar-refractivity contribution < 1.29 is 8.42 Å². The molecule has 0 fully saturated rings. The van der Waals surface area contributed by atoms with Gasteiger partial charge in [0.15, 0.2) is 0 Å². The summed E-state index contributed by atoms with van der Waals surface area (Å²) < 4.78 is 25.9. The van der Waals surface area contributed by atoms with E-state index in [0.717, 1.165) is 16.1 Å². The van der Waals surface area contributed by atoms with Crippen molar-refractivity contribution in [3.05, 3.63) is 45.6 Å². The van der Waals surface area contributed by atoms with E-state index in [4.69, 9.17) is 5.26 Å². The molecule has 110 valence electrons. The Labute approximate surface area is 128 Å². The van der Waals surface area contributed by atoms with E-state index in [1.165, 1.54) is 18.4 Å². The smallest absolute Gasteiger partial charge is 0.240 e. The molecule has 2 aromatic rings. The first kappa shape index (κ1) is 15.5. The first-order chi connectivity index (χ1) is 9.96. The highest BCUT2D eigenvalue weighted by Gasteiger charge is 2.12. The lowest BCUT2D eigenvalue weighted by Gasteiger charge is -2.11. The molecule has 2 rings (SSSR count). The largest absolute Gasteiger partial charge is 0.380 e. The molecule has 0 radical (unpaired) electrons. The molecule has 0 amide bonds. The number of aryl methyl sites for hydroxylation is 1. The minimum atomic E-state index is -3.45. The van der Waals surface area contributed by atoms with Crippen molar-refractivity contribution in [1.29, 1.82) is 5.26 Å². The number of nitrogens with zero attached hydrogens (tertiary/aromatic N) is 1. The second-order valence-electron chi connectivity index (χ2n) is 4.42. The Morgan fingerprint density at radius 2 is 2.05 bits per heavy atom. The normalized spacial score (nSPS) is 11.1. The van der Waals surface area contributed by atoms with Crippen LogP contribution in [0.4, 0.5) is 5.69 Å². The number of rotatable bonds is 5. The van der Waals surface area contributed by atoms with E-state index in [1.807, 2.05) is 13.0 Å². The molecular weight excluding hydrogens is 306 g/mol. The average molecular weight is 321 g/mol. The quantitative estimate of drug-likeness (QED) is 0.886. The van der Waals surface area contributed by atoms with E-state index >= 15 is 0 Å². The van der Waals surface area contributed by atoms with Gasteiger partial charge in [-0.25, -0.2) is 13.1 Å². The van der Waals surface area contributed by atoms with Gasteiger partial charge >= 0.3 is 0 Å². The second-order valence-corrected chi connectivity index (χ2v) is 7.47. The number of hydrogen-bond donors (Lipinski definition) is 2. The summed E-state index contributed by atoms with van der Waals surface area (Å²) in [7, 11) is -2.06. The highest BCUT2D eigenvalue weighted by atomic mass is 32.2. The summed E-state index contributed by atoms with van der Waals surface area (Å²) >= 11 is 1.42. The molecule has 0 atom stereocenters. The van der Waals surface area contributed by atoms with Crippen LogP contribution in [0, 0.1) is 18.3 Å². The van der Waals surface area contributed by atoms with Crippen molar-refractivity contribution in [3.8, 4) is 6.07 Å². The van der Waals surface area contributed by atoms with E-state index in [-0.39, 0.29) is 4.90 Å². The van der Waals surface area contributed by atoms with Gasteiger partial charge in [-0.05, 0) is 43.8 Å². The zero-order valence-electron chi connectivity index (χ0n) is 11.7. The Morgan fingerprint density at radius 1 is 1.29 bits per heavy atom. The highest BCUT2D eigenvalue weighted by molar-refractivity contribution is 7.89. The average Bonchev–Trinajstić information content (AvgIpc) is 2.94. The molecule has 0 aliphatic carbocycles. The van der Waals surface area contributed by atoms with Crippen LogP contribution in [-0.2, 0) is 16.6 Å². The molecule has 0 saturated heterocycles. The molecule has 5 nitrogen and oxygen atoms in total. The van der Waals surface area contributed by atoms with E-state index in [2.05, 4.69) is 16.1 Å². The Hall–Kier alpha value is -1.88. The van der Waals surface area contributed by atoms with Gasteiger partial charge in [0.1, 0.15) is 10.9 Å². The molecule has 2 N–H and O–H groups in total. The van der Waals surface area contributed by atoms with Crippen LogP contribution in [0.3, 0.4) is 0 Å². The summed E-state index contributed by atoms with van der Waals surface area (Å²) in [6, 6.07) is 10.7. The van der Waals surface area contributed by atoms with Crippen LogP contribution >= 0.6 is 11.3 Å². The fourth-order valence-electron chi connectivity index (χ4n) is 1.79. The maximum absolute atomic E-state index is 11.8. The zero-order valence-corrected chi connectivity index (χ0v) is 13.3. The molecule has 1 aromatic carbocycles. The van der Waals surface area contributed by atoms with Crippen LogP contribution in [0.5, 0.6) is 0 Å². The lowest BCUT2D eigenvalue weighted by atomic mass is 10.2. The van der Waals surface area contributed by atoms with Crippen LogP contribution in [0.2, 0.25) is 0 Å². The molecule has 0 aliphatic heterocycles. The second kappa shape index (κ2) is 6.26. The summed E-state index contributed by atoms with van der Waals surface area (Å²) in [6.45, 7) is 2.46. The number of anilines is 1. The highest BCUT2D eigenvalue weighted by Crippen LogP contribution is 2.22. The summed E-state index contributed by atoms with van der Waals surface area (Å²) in [5, 5.41) is 12.0. The summed E-state index contributed by atoms with van der Waals surface area (Å²) in [4.78, 5) is 1.91. The number of sulfonamides is 1. The molecule has 0 bridgehead atoms. The SMILES string of the molecule is CNS(=O)(=O)c1ccc(C)c(NCc2ccc(C#N)s2)c1. The van der Waals surface area contributed by atoms with Gasteiger partial charge in [-0.15, -0.1) is 11.3 Å². The molecule has 1 heterocycles. The van der Waals surface area contributed by atoms with Crippen molar-refractivity contribution in [1.82, 2.24) is 4.72 Å². The van der Waals surface area contributed by atoms with Gasteiger partial charge in [-0.2, -0.15) is 5.26 Å². The molecule has 1 aromatic heterocycles. The van der Waals surface area contributed by atoms with Crippen molar-refractivity contribution in [2.45, 2.75) is 18.4 Å². The number of benzene rings is 1. The molecule has 0 unspecified atom stereocenters. The van der Waals surface area contributed by atoms with Gasteiger partial charge in [-0.1, -0.05) is 6.07 Å². The van der Waals surface area contributed by atoms with Crippen LogP contribution in [0.1, 0.15) is 15.3 Å². The number of nitrogens with one attached hydrogen (secondary N) is 2. The molecule has 21 heavy (non-hydrogen) atoms. The Balaban J connectivity index is 2.20. The minimum absolute atomic E-state index is 0.224. The topological polar surface area (TPSA) is 82.0 Å². The lowest BCUT2D eigenvalue weighted by molar-refractivity contribution is 0.588. The summed E-state index contributed by atoms with van der Waals surface area (Å²) in [5.74, 6) is 0.